The van der Waals surface area contributed by atoms with E-state index in [9.17, 15) is 13.6 Å². The van der Waals surface area contributed by atoms with Gasteiger partial charge in [-0.2, -0.15) is 0 Å². The molecule has 1 heterocycles. The Labute approximate surface area is 153 Å². The van der Waals surface area contributed by atoms with Crippen LogP contribution in [-0.4, -0.2) is 15.9 Å². The van der Waals surface area contributed by atoms with Crippen LogP contribution >= 0.6 is 11.6 Å². The van der Waals surface area contributed by atoms with Crippen molar-refractivity contribution in [2.24, 2.45) is 0 Å². The maximum absolute atomic E-state index is 13.2. The molecular weight excluding hydrogens is 362 g/mol. The Balaban J connectivity index is 1.71. The van der Waals surface area contributed by atoms with Crippen LogP contribution in [-0.2, 0) is 0 Å². The molecule has 0 unspecified atom stereocenters. The lowest BCUT2D eigenvalue weighted by atomic mass is 10.2. The number of hydrogen-bond donors (Lipinski definition) is 2. The number of amides is 1. The number of halogens is 3. The normalized spacial score (nSPS) is 10.5. The van der Waals surface area contributed by atoms with Crippen LogP contribution in [0, 0.1) is 18.6 Å². The summed E-state index contributed by atoms with van der Waals surface area (Å²) in [6, 6.07) is 8.45. The molecule has 0 aliphatic carbocycles. The molecule has 26 heavy (non-hydrogen) atoms. The van der Waals surface area contributed by atoms with E-state index in [2.05, 4.69) is 20.6 Å². The average Bonchev–Trinajstić information content (AvgIpc) is 2.62. The Hall–Kier alpha value is -3.06. The molecule has 1 aromatic heterocycles. The highest BCUT2D eigenvalue weighted by atomic mass is 35.5. The quantitative estimate of drug-likeness (QED) is 0.694. The Morgan fingerprint density at radius 2 is 1.77 bits per heavy atom. The predicted octanol–water partition coefficient (Wildman–Crippen LogP) is 4.71. The number of carbonyl (C=O) groups excluding carboxylic acids is 1. The zero-order valence-corrected chi connectivity index (χ0v) is 14.3. The minimum Gasteiger partial charge on any atom is -0.324 e. The summed E-state index contributed by atoms with van der Waals surface area (Å²) < 4.78 is 26.1. The van der Waals surface area contributed by atoms with Crippen LogP contribution < -0.4 is 10.6 Å². The van der Waals surface area contributed by atoms with E-state index < -0.39 is 17.5 Å². The lowest BCUT2D eigenvalue weighted by molar-refractivity contribution is 0.102. The van der Waals surface area contributed by atoms with E-state index in [1.165, 1.54) is 18.5 Å². The number of benzene rings is 2. The first-order valence-electron chi connectivity index (χ1n) is 7.54. The third kappa shape index (κ3) is 4.12. The molecule has 0 aliphatic heterocycles. The monoisotopic (exact) mass is 374 g/mol. The second-order valence-electron chi connectivity index (χ2n) is 5.46. The fourth-order valence-corrected chi connectivity index (χ4v) is 2.31. The van der Waals surface area contributed by atoms with Gasteiger partial charge in [-0.15, -0.1) is 0 Å². The third-order valence-corrected chi connectivity index (χ3v) is 3.77. The molecule has 3 rings (SSSR count). The molecule has 5 nitrogen and oxygen atoms in total. The van der Waals surface area contributed by atoms with Gasteiger partial charge in [0.2, 0.25) is 5.95 Å². The van der Waals surface area contributed by atoms with E-state index in [1.54, 1.807) is 12.1 Å². The molecule has 0 aliphatic rings. The molecule has 1 amide bonds. The summed E-state index contributed by atoms with van der Waals surface area (Å²) in [6.07, 6.45) is 2.65. The van der Waals surface area contributed by atoms with Crippen LogP contribution in [0.15, 0.2) is 48.8 Å². The Bertz CT molecular complexity index is 964. The Morgan fingerprint density at radius 1 is 1.04 bits per heavy atom. The number of aryl methyl sites for hydroxylation is 1. The van der Waals surface area contributed by atoms with Crippen molar-refractivity contribution >= 4 is 34.8 Å². The maximum Gasteiger partial charge on any atom is 0.258 e. The lowest BCUT2D eigenvalue weighted by Crippen LogP contribution is -2.13. The van der Waals surface area contributed by atoms with Crippen molar-refractivity contribution in [3.63, 3.8) is 0 Å². The molecule has 0 spiro atoms. The van der Waals surface area contributed by atoms with Crippen molar-refractivity contribution in [3.05, 3.63) is 76.6 Å². The molecule has 2 N–H and O–H groups in total. The van der Waals surface area contributed by atoms with Crippen LogP contribution in [0.1, 0.15) is 15.9 Å². The van der Waals surface area contributed by atoms with Crippen LogP contribution in [0.2, 0.25) is 5.02 Å². The van der Waals surface area contributed by atoms with Gasteiger partial charge >= 0.3 is 0 Å². The fourth-order valence-electron chi connectivity index (χ4n) is 2.14. The standard InChI is InChI=1S/C18H13ClF2N4O/c1-10-2-3-12(19)6-16(10)25-18-22-8-11(9-23-18)17(26)24-13-4-5-14(20)15(21)7-13/h2-9H,1H3,(H,24,26)(H,22,23,25). The van der Waals surface area contributed by atoms with Gasteiger partial charge in [-0.3, -0.25) is 4.79 Å². The average molecular weight is 375 g/mol. The first-order chi connectivity index (χ1) is 12.4. The Kier molecular flexibility index (Phi) is 5.09. The summed E-state index contributed by atoms with van der Waals surface area (Å²) in [5.74, 6) is -2.28. The number of carbonyl (C=O) groups is 1. The topological polar surface area (TPSA) is 66.9 Å². The van der Waals surface area contributed by atoms with Gasteiger partial charge in [-0.1, -0.05) is 17.7 Å². The number of anilines is 3. The molecular formula is C18H13ClF2N4O. The Morgan fingerprint density at radius 3 is 2.46 bits per heavy atom. The summed E-state index contributed by atoms with van der Waals surface area (Å²) in [4.78, 5) is 20.3. The summed E-state index contributed by atoms with van der Waals surface area (Å²) >= 11 is 5.96. The van der Waals surface area contributed by atoms with Gasteiger partial charge in [0.15, 0.2) is 11.6 Å². The smallest absolute Gasteiger partial charge is 0.258 e. The first-order valence-corrected chi connectivity index (χ1v) is 7.92. The van der Waals surface area contributed by atoms with Crippen LogP contribution in [0.5, 0.6) is 0 Å². The largest absolute Gasteiger partial charge is 0.324 e. The van der Waals surface area contributed by atoms with Gasteiger partial charge in [0.05, 0.1) is 5.56 Å². The van der Waals surface area contributed by atoms with Crippen molar-refractivity contribution in [1.29, 1.82) is 0 Å². The molecule has 0 bridgehead atoms. The van der Waals surface area contributed by atoms with Gasteiger partial charge in [-0.25, -0.2) is 18.7 Å². The van der Waals surface area contributed by atoms with Gasteiger partial charge < -0.3 is 10.6 Å². The van der Waals surface area contributed by atoms with Crippen LogP contribution in [0.3, 0.4) is 0 Å². The molecule has 8 heteroatoms. The minimum atomic E-state index is -1.05. The van der Waals surface area contributed by atoms with E-state index in [0.29, 0.717) is 11.0 Å². The van der Waals surface area contributed by atoms with Crippen LogP contribution in [0.4, 0.5) is 26.1 Å². The van der Waals surface area contributed by atoms with E-state index in [4.69, 9.17) is 11.6 Å². The highest BCUT2D eigenvalue weighted by Gasteiger charge is 2.10. The van der Waals surface area contributed by atoms with Crippen molar-refractivity contribution in [1.82, 2.24) is 9.97 Å². The second kappa shape index (κ2) is 7.45. The van der Waals surface area contributed by atoms with Crippen LogP contribution in [0.25, 0.3) is 0 Å². The summed E-state index contributed by atoms with van der Waals surface area (Å²) in [5.41, 5.74) is 2.00. The summed E-state index contributed by atoms with van der Waals surface area (Å²) in [5, 5.41) is 6.03. The summed E-state index contributed by atoms with van der Waals surface area (Å²) in [7, 11) is 0. The van der Waals surface area contributed by atoms with Gasteiger partial charge in [-0.05, 0) is 36.8 Å². The third-order valence-electron chi connectivity index (χ3n) is 3.54. The predicted molar refractivity (Wildman–Crippen MR) is 95.8 cm³/mol. The van der Waals surface area contributed by atoms with E-state index >= 15 is 0 Å². The fraction of sp³-hybridized carbons (Fsp3) is 0.0556. The molecule has 0 fully saturated rings. The number of aromatic nitrogens is 2. The highest BCUT2D eigenvalue weighted by Crippen LogP contribution is 2.22. The number of nitrogens with one attached hydrogen (secondary N) is 2. The molecule has 0 saturated carbocycles. The van der Waals surface area contributed by atoms with Gasteiger partial charge in [0, 0.05) is 34.9 Å². The molecule has 0 atom stereocenters. The van der Waals surface area contributed by atoms with Gasteiger partial charge in [0.1, 0.15) is 0 Å². The van der Waals surface area contributed by atoms with Crippen molar-refractivity contribution in [2.45, 2.75) is 6.92 Å². The number of rotatable bonds is 4. The van der Waals surface area contributed by atoms with Gasteiger partial charge in [0.25, 0.3) is 5.91 Å². The van der Waals surface area contributed by atoms with E-state index in [1.807, 2.05) is 13.0 Å². The number of nitrogens with zero attached hydrogens (tertiary/aromatic N) is 2. The second-order valence-corrected chi connectivity index (χ2v) is 5.90. The molecule has 3 aromatic rings. The maximum atomic E-state index is 13.2. The molecule has 132 valence electrons. The van der Waals surface area contributed by atoms with Crippen molar-refractivity contribution in [3.8, 4) is 0 Å². The zero-order valence-electron chi connectivity index (χ0n) is 13.6. The highest BCUT2D eigenvalue weighted by molar-refractivity contribution is 6.30. The summed E-state index contributed by atoms with van der Waals surface area (Å²) in [6.45, 7) is 1.91. The minimum absolute atomic E-state index is 0.130. The first kappa shape index (κ1) is 17.8. The number of hydrogen-bond acceptors (Lipinski definition) is 4. The SMILES string of the molecule is Cc1ccc(Cl)cc1Nc1ncc(C(=O)Nc2ccc(F)c(F)c2)cn1. The van der Waals surface area contributed by atoms with E-state index in [-0.39, 0.29) is 11.3 Å². The van der Waals surface area contributed by atoms with E-state index in [0.717, 1.165) is 23.4 Å². The lowest BCUT2D eigenvalue weighted by Gasteiger charge is -2.09. The molecule has 0 saturated heterocycles. The van der Waals surface area contributed by atoms with Crippen molar-refractivity contribution in [2.75, 3.05) is 10.6 Å². The van der Waals surface area contributed by atoms with Crippen molar-refractivity contribution < 1.29 is 13.6 Å². The zero-order chi connectivity index (χ0) is 18.7. The molecule has 2 aromatic carbocycles. The molecule has 0 radical (unpaired) electrons.